The van der Waals surface area contributed by atoms with Crippen LogP contribution in [0.2, 0.25) is 0 Å². The Morgan fingerprint density at radius 2 is 2.00 bits per heavy atom. The number of nitrogens with one attached hydrogen (secondary N) is 1. The molecule has 1 aromatic heterocycles. The zero-order valence-electron chi connectivity index (χ0n) is 9.71. The van der Waals surface area contributed by atoms with Gasteiger partial charge in [-0.3, -0.25) is 5.10 Å². The first-order valence-electron chi connectivity index (χ1n) is 5.39. The zero-order chi connectivity index (χ0) is 11.7. The van der Waals surface area contributed by atoms with E-state index < -0.39 is 0 Å². The van der Waals surface area contributed by atoms with Gasteiger partial charge >= 0.3 is 0 Å². The van der Waals surface area contributed by atoms with Gasteiger partial charge in [-0.25, -0.2) is 4.39 Å². The molecule has 0 amide bonds. The maximum Gasteiger partial charge on any atom is 0.126 e. The fourth-order valence-electron chi connectivity index (χ4n) is 1.71. The molecule has 84 valence electrons. The van der Waals surface area contributed by atoms with Gasteiger partial charge in [0, 0.05) is 11.3 Å². The normalized spacial score (nSPS) is 11.1. The summed E-state index contributed by atoms with van der Waals surface area (Å²) in [5.74, 6) is 0.0333. The van der Waals surface area contributed by atoms with E-state index in [4.69, 9.17) is 0 Å². The van der Waals surface area contributed by atoms with Crippen molar-refractivity contribution < 1.29 is 4.39 Å². The second-order valence-electron chi connectivity index (χ2n) is 4.33. The molecule has 1 N–H and O–H groups in total. The third kappa shape index (κ3) is 1.98. The molecule has 0 aliphatic carbocycles. The summed E-state index contributed by atoms with van der Waals surface area (Å²) in [4.78, 5) is 0. The monoisotopic (exact) mass is 218 g/mol. The van der Waals surface area contributed by atoms with Crippen LogP contribution < -0.4 is 0 Å². The molecule has 0 aliphatic heterocycles. The van der Waals surface area contributed by atoms with Gasteiger partial charge in [0.2, 0.25) is 0 Å². The van der Waals surface area contributed by atoms with Crippen LogP contribution in [-0.2, 0) is 0 Å². The Kier molecular flexibility index (Phi) is 2.77. The van der Waals surface area contributed by atoms with E-state index in [9.17, 15) is 4.39 Å². The third-order valence-corrected chi connectivity index (χ3v) is 2.62. The highest BCUT2D eigenvalue weighted by molar-refractivity contribution is 5.60. The lowest BCUT2D eigenvalue weighted by Crippen LogP contribution is -1.93. The van der Waals surface area contributed by atoms with Crippen LogP contribution in [0.3, 0.4) is 0 Å². The number of aromatic nitrogens is 2. The molecule has 2 aromatic rings. The predicted molar refractivity (Wildman–Crippen MR) is 62.8 cm³/mol. The molecule has 0 bridgehead atoms. The highest BCUT2D eigenvalue weighted by Crippen LogP contribution is 2.25. The molecule has 0 unspecified atom stereocenters. The minimum Gasteiger partial charge on any atom is -0.282 e. The molecular weight excluding hydrogens is 203 g/mol. The summed E-state index contributed by atoms with van der Waals surface area (Å²) in [6.07, 6.45) is 0. The predicted octanol–water partition coefficient (Wildman–Crippen LogP) is 3.65. The van der Waals surface area contributed by atoms with Crippen LogP contribution in [-0.4, -0.2) is 10.2 Å². The van der Waals surface area contributed by atoms with Crippen LogP contribution in [0.25, 0.3) is 11.3 Å². The number of hydrogen-bond donors (Lipinski definition) is 1. The largest absolute Gasteiger partial charge is 0.282 e. The van der Waals surface area contributed by atoms with Crippen LogP contribution >= 0.6 is 0 Å². The van der Waals surface area contributed by atoms with Crippen molar-refractivity contribution in [3.63, 3.8) is 0 Å². The molecule has 2 nitrogen and oxygen atoms in total. The van der Waals surface area contributed by atoms with Gasteiger partial charge in [-0.2, -0.15) is 5.10 Å². The first-order chi connectivity index (χ1) is 7.58. The molecular formula is C13H15FN2. The standard InChI is InChI=1S/C13H15FN2/c1-8(2)11-7-10(4-5-12(11)14)13-6-9(3)15-16-13/h4-8H,1-3H3,(H,15,16). The van der Waals surface area contributed by atoms with Crippen molar-refractivity contribution in [3.05, 3.63) is 41.3 Å². The fraction of sp³-hybridized carbons (Fsp3) is 0.308. The van der Waals surface area contributed by atoms with Crippen LogP contribution in [0, 0.1) is 12.7 Å². The molecule has 0 spiro atoms. The maximum absolute atomic E-state index is 13.5. The minimum absolute atomic E-state index is 0.147. The van der Waals surface area contributed by atoms with Crippen LogP contribution in [0.1, 0.15) is 31.0 Å². The van der Waals surface area contributed by atoms with Crippen LogP contribution in [0.15, 0.2) is 24.3 Å². The maximum atomic E-state index is 13.5. The number of hydrogen-bond acceptors (Lipinski definition) is 1. The zero-order valence-corrected chi connectivity index (χ0v) is 9.71. The number of aryl methyl sites for hydroxylation is 1. The molecule has 3 heteroatoms. The van der Waals surface area contributed by atoms with Gasteiger partial charge in [0.1, 0.15) is 5.82 Å². The molecule has 2 rings (SSSR count). The van der Waals surface area contributed by atoms with Gasteiger partial charge in [0.15, 0.2) is 0 Å². The van der Waals surface area contributed by atoms with E-state index in [2.05, 4.69) is 10.2 Å². The second-order valence-corrected chi connectivity index (χ2v) is 4.33. The average Bonchev–Trinajstić information content (AvgIpc) is 2.65. The Morgan fingerprint density at radius 1 is 1.25 bits per heavy atom. The second kappa shape index (κ2) is 4.08. The van der Waals surface area contributed by atoms with Gasteiger partial charge in [-0.15, -0.1) is 0 Å². The Labute approximate surface area is 94.5 Å². The van der Waals surface area contributed by atoms with Crippen molar-refractivity contribution in [3.8, 4) is 11.3 Å². The number of rotatable bonds is 2. The lowest BCUT2D eigenvalue weighted by atomic mass is 9.99. The number of nitrogens with zero attached hydrogens (tertiary/aromatic N) is 1. The van der Waals surface area contributed by atoms with Crippen molar-refractivity contribution in [2.24, 2.45) is 0 Å². The first kappa shape index (κ1) is 10.9. The summed E-state index contributed by atoms with van der Waals surface area (Å²) in [5.41, 5.74) is 3.55. The molecule has 16 heavy (non-hydrogen) atoms. The lowest BCUT2D eigenvalue weighted by molar-refractivity contribution is 0.598. The van der Waals surface area contributed by atoms with E-state index in [-0.39, 0.29) is 11.7 Å². The smallest absolute Gasteiger partial charge is 0.126 e. The van der Waals surface area contributed by atoms with Gasteiger partial charge in [-0.05, 0) is 42.7 Å². The lowest BCUT2D eigenvalue weighted by Gasteiger charge is -2.08. The summed E-state index contributed by atoms with van der Waals surface area (Å²) in [6.45, 7) is 5.92. The molecule has 1 heterocycles. The summed E-state index contributed by atoms with van der Waals surface area (Å²) < 4.78 is 13.5. The molecule has 0 fully saturated rings. The van der Waals surface area contributed by atoms with Crippen molar-refractivity contribution in [1.82, 2.24) is 10.2 Å². The van der Waals surface area contributed by atoms with E-state index in [0.717, 1.165) is 22.5 Å². The van der Waals surface area contributed by atoms with Gasteiger partial charge < -0.3 is 0 Å². The molecule has 0 atom stereocenters. The topological polar surface area (TPSA) is 28.7 Å². The Morgan fingerprint density at radius 3 is 2.56 bits per heavy atom. The Hall–Kier alpha value is -1.64. The van der Waals surface area contributed by atoms with Gasteiger partial charge in [-0.1, -0.05) is 13.8 Å². The third-order valence-electron chi connectivity index (χ3n) is 2.62. The number of benzene rings is 1. The van der Waals surface area contributed by atoms with Crippen LogP contribution in [0.5, 0.6) is 0 Å². The van der Waals surface area contributed by atoms with Crippen molar-refractivity contribution in [2.45, 2.75) is 26.7 Å². The van der Waals surface area contributed by atoms with Crippen molar-refractivity contribution >= 4 is 0 Å². The van der Waals surface area contributed by atoms with E-state index in [1.54, 1.807) is 6.07 Å². The van der Waals surface area contributed by atoms with Gasteiger partial charge in [0.05, 0.1) is 5.69 Å². The van der Waals surface area contributed by atoms with E-state index in [0.29, 0.717) is 0 Å². The summed E-state index contributed by atoms with van der Waals surface area (Å²) >= 11 is 0. The highest BCUT2D eigenvalue weighted by Gasteiger charge is 2.09. The molecule has 0 saturated heterocycles. The van der Waals surface area contributed by atoms with Crippen molar-refractivity contribution in [1.29, 1.82) is 0 Å². The SMILES string of the molecule is Cc1cc(-c2ccc(F)c(C(C)C)c2)n[nH]1. The highest BCUT2D eigenvalue weighted by atomic mass is 19.1. The Bertz CT molecular complexity index is 500. The summed E-state index contributed by atoms with van der Waals surface area (Å²) in [7, 11) is 0. The summed E-state index contributed by atoms with van der Waals surface area (Å²) in [5, 5.41) is 7.06. The molecule has 0 aliphatic rings. The quantitative estimate of drug-likeness (QED) is 0.819. The number of halogens is 1. The first-order valence-corrected chi connectivity index (χ1v) is 5.39. The number of aromatic amines is 1. The fourth-order valence-corrected chi connectivity index (χ4v) is 1.71. The average molecular weight is 218 g/mol. The molecule has 0 saturated carbocycles. The van der Waals surface area contributed by atoms with E-state index >= 15 is 0 Å². The summed E-state index contributed by atoms with van der Waals surface area (Å²) in [6, 6.07) is 7.10. The molecule has 0 radical (unpaired) electrons. The van der Waals surface area contributed by atoms with Crippen LogP contribution in [0.4, 0.5) is 4.39 Å². The number of H-pyrrole nitrogens is 1. The minimum atomic E-state index is -0.147. The van der Waals surface area contributed by atoms with E-state index in [1.807, 2.05) is 32.9 Å². The van der Waals surface area contributed by atoms with E-state index in [1.165, 1.54) is 6.07 Å². The van der Waals surface area contributed by atoms with Gasteiger partial charge in [0.25, 0.3) is 0 Å². The van der Waals surface area contributed by atoms with Crippen molar-refractivity contribution in [2.75, 3.05) is 0 Å². The molecule has 1 aromatic carbocycles. The Balaban J connectivity index is 2.47.